The number of hydrogen-bond acceptors (Lipinski definition) is 4. The second-order valence-electron chi connectivity index (χ2n) is 6.47. The molecule has 0 spiro atoms. The quantitative estimate of drug-likeness (QED) is 0.218. The summed E-state index contributed by atoms with van der Waals surface area (Å²) in [5, 5.41) is 7.51. The van der Waals surface area contributed by atoms with E-state index in [2.05, 4.69) is 46.6 Å². The van der Waals surface area contributed by atoms with E-state index in [4.69, 9.17) is 0 Å². The first-order valence-electron chi connectivity index (χ1n) is 9.01. The van der Waals surface area contributed by atoms with Crippen LogP contribution in [0.4, 0.5) is 5.69 Å². The van der Waals surface area contributed by atoms with E-state index in [1.165, 1.54) is 10.5 Å². The number of aliphatic imine (C=N–C) groups is 1. The van der Waals surface area contributed by atoms with Crippen LogP contribution in [-0.2, 0) is 11.8 Å². The zero-order valence-electron chi connectivity index (χ0n) is 16.5. The average Bonchev–Trinajstić information content (AvgIpc) is 3.09. The van der Waals surface area contributed by atoms with Gasteiger partial charge in [-0.2, -0.15) is 5.10 Å². The van der Waals surface area contributed by atoms with Crippen molar-refractivity contribution in [1.82, 2.24) is 20.0 Å². The van der Waals surface area contributed by atoms with Crippen LogP contribution < -0.4 is 10.2 Å². The Morgan fingerprint density at radius 1 is 1.29 bits per heavy atom. The van der Waals surface area contributed by atoms with Crippen LogP contribution in [0.25, 0.3) is 0 Å². The third kappa shape index (κ3) is 5.87. The number of hydrogen-bond donors (Lipinski definition) is 1. The van der Waals surface area contributed by atoms with Gasteiger partial charge < -0.3 is 15.1 Å². The molecule has 1 amide bonds. The molecule has 1 fully saturated rings. The molecule has 1 aliphatic rings. The number of rotatable bonds is 5. The molecule has 0 atom stereocenters. The number of nitrogens with one attached hydrogen (secondary N) is 1. The normalized spacial score (nSPS) is 14.8. The lowest BCUT2D eigenvalue weighted by atomic mass is 10.2. The van der Waals surface area contributed by atoms with Crippen LogP contribution in [-0.4, -0.2) is 65.5 Å². The lowest BCUT2D eigenvalue weighted by Gasteiger charge is -2.35. The van der Waals surface area contributed by atoms with Gasteiger partial charge in [0.25, 0.3) is 0 Å². The van der Waals surface area contributed by atoms with Crippen LogP contribution in [0.15, 0.2) is 46.5 Å². The Morgan fingerprint density at radius 3 is 2.64 bits per heavy atom. The van der Waals surface area contributed by atoms with Crippen molar-refractivity contribution < 1.29 is 4.79 Å². The summed E-state index contributed by atoms with van der Waals surface area (Å²) in [6.07, 6.45) is 3.59. The third-order valence-electron chi connectivity index (χ3n) is 4.41. The maximum Gasteiger partial charge on any atom is 0.246 e. The van der Waals surface area contributed by atoms with E-state index in [1.54, 1.807) is 22.8 Å². The fraction of sp³-hybridized carbons (Fsp3) is 0.421. The molecular formula is C19H27IN6OS. The van der Waals surface area contributed by atoms with E-state index in [9.17, 15) is 4.79 Å². The van der Waals surface area contributed by atoms with E-state index < -0.39 is 0 Å². The van der Waals surface area contributed by atoms with Crippen LogP contribution >= 0.6 is 35.7 Å². The van der Waals surface area contributed by atoms with Crippen LogP contribution in [0, 0.1) is 6.92 Å². The van der Waals surface area contributed by atoms with Gasteiger partial charge in [0, 0.05) is 50.6 Å². The molecule has 1 saturated heterocycles. The molecule has 0 saturated carbocycles. The van der Waals surface area contributed by atoms with Crippen molar-refractivity contribution >= 4 is 53.3 Å². The number of carbonyl (C=O) groups excluding carboxylic acids is 1. The van der Waals surface area contributed by atoms with E-state index in [0.717, 1.165) is 30.5 Å². The van der Waals surface area contributed by atoms with Gasteiger partial charge in [-0.3, -0.25) is 14.5 Å². The van der Waals surface area contributed by atoms with Gasteiger partial charge in [-0.05, 0) is 19.1 Å². The van der Waals surface area contributed by atoms with E-state index >= 15 is 0 Å². The highest BCUT2D eigenvalue weighted by Gasteiger charge is 2.27. The topological polar surface area (TPSA) is 65.8 Å². The Kier molecular flexibility index (Phi) is 8.61. The number of piperazine rings is 1. The van der Waals surface area contributed by atoms with Crippen LogP contribution in [0.5, 0.6) is 0 Å². The lowest BCUT2D eigenvalue weighted by Crippen LogP contribution is -2.55. The van der Waals surface area contributed by atoms with Gasteiger partial charge in [-0.25, -0.2) is 0 Å². The maximum absolute atomic E-state index is 12.5. The molecule has 152 valence electrons. The van der Waals surface area contributed by atoms with Crippen molar-refractivity contribution in [3.8, 4) is 0 Å². The standard InChI is InChI=1S/C19H26N6OS.HI/c1-15-4-6-17(7-5-15)27-11-8-21-19(20-2)24-9-10-25(18(26)14-24)16-12-22-23(3)13-16;/h4-7,12-13H,8-11,14H2,1-3H3,(H,20,21);1H. The van der Waals surface area contributed by atoms with Gasteiger partial charge in [0.1, 0.15) is 6.54 Å². The summed E-state index contributed by atoms with van der Waals surface area (Å²) in [6.45, 7) is 4.58. The smallest absolute Gasteiger partial charge is 0.246 e. The maximum atomic E-state index is 12.5. The first-order valence-corrected chi connectivity index (χ1v) is 9.99. The minimum Gasteiger partial charge on any atom is -0.355 e. The number of anilines is 1. The fourth-order valence-corrected chi connectivity index (χ4v) is 3.74. The Morgan fingerprint density at radius 2 is 2.04 bits per heavy atom. The number of nitrogens with zero attached hydrogens (tertiary/aromatic N) is 5. The molecule has 1 N–H and O–H groups in total. The Hall–Kier alpha value is -1.75. The predicted octanol–water partition coefficient (Wildman–Crippen LogP) is 2.36. The number of amides is 1. The molecule has 1 aliphatic heterocycles. The summed E-state index contributed by atoms with van der Waals surface area (Å²) in [5.74, 6) is 1.77. The molecule has 0 bridgehead atoms. The molecule has 1 aromatic heterocycles. The highest BCUT2D eigenvalue weighted by Crippen LogP contribution is 2.18. The van der Waals surface area contributed by atoms with Gasteiger partial charge >= 0.3 is 0 Å². The monoisotopic (exact) mass is 514 g/mol. The summed E-state index contributed by atoms with van der Waals surface area (Å²) in [6, 6.07) is 8.54. The molecule has 0 aliphatic carbocycles. The van der Waals surface area contributed by atoms with E-state index in [-0.39, 0.29) is 29.9 Å². The van der Waals surface area contributed by atoms with Gasteiger partial charge in [-0.1, -0.05) is 17.7 Å². The zero-order valence-corrected chi connectivity index (χ0v) is 19.6. The fourth-order valence-electron chi connectivity index (χ4n) is 2.97. The molecular weight excluding hydrogens is 487 g/mol. The first kappa shape index (κ1) is 22.5. The van der Waals surface area contributed by atoms with Crippen LogP contribution in [0.3, 0.4) is 0 Å². The largest absolute Gasteiger partial charge is 0.355 e. The average molecular weight is 514 g/mol. The predicted molar refractivity (Wildman–Crippen MR) is 126 cm³/mol. The molecule has 1 aromatic carbocycles. The number of aromatic nitrogens is 2. The molecule has 2 aromatic rings. The minimum absolute atomic E-state index is 0. The van der Waals surface area contributed by atoms with Gasteiger partial charge in [-0.15, -0.1) is 35.7 Å². The lowest BCUT2D eigenvalue weighted by molar-refractivity contribution is -0.120. The number of aryl methyl sites for hydroxylation is 2. The summed E-state index contributed by atoms with van der Waals surface area (Å²) >= 11 is 1.81. The molecule has 28 heavy (non-hydrogen) atoms. The molecule has 2 heterocycles. The summed E-state index contributed by atoms with van der Waals surface area (Å²) in [5.41, 5.74) is 2.12. The molecule has 0 radical (unpaired) electrons. The van der Waals surface area contributed by atoms with E-state index in [0.29, 0.717) is 13.1 Å². The van der Waals surface area contributed by atoms with E-state index in [1.807, 2.05) is 29.9 Å². The molecule has 9 heteroatoms. The molecule has 3 rings (SSSR count). The van der Waals surface area contributed by atoms with Gasteiger partial charge in [0.2, 0.25) is 5.91 Å². The Bertz CT molecular complexity index is 807. The SMILES string of the molecule is CN=C(NCCSc1ccc(C)cc1)N1CCN(c2cnn(C)c2)C(=O)C1.I. The number of carbonyl (C=O) groups is 1. The van der Waals surface area contributed by atoms with Crippen LogP contribution in [0.1, 0.15) is 5.56 Å². The second kappa shape index (κ2) is 10.7. The molecule has 7 nitrogen and oxygen atoms in total. The van der Waals surface area contributed by atoms with Crippen molar-refractivity contribution in [2.75, 3.05) is 43.9 Å². The number of halogens is 1. The van der Waals surface area contributed by atoms with Crippen molar-refractivity contribution in [2.45, 2.75) is 11.8 Å². The summed E-state index contributed by atoms with van der Waals surface area (Å²) in [4.78, 5) is 21.9. The third-order valence-corrected chi connectivity index (χ3v) is 5.42. The van der Waals surface area contributed by atoms with Gasteiger partial charge in [0.15, 0.2) is 5.96 Å². The Labute approximate surface area is 187 Å². The van der Waals surface area contributed by atoms with Crippen molar-refractivity contribution in [3.05, 3.63) is 42.2 Å². The number of benzene rings is 1. The Balaban J connectivity index is 0.00000280. The highest BCUT2D eigenvalue weighted by molar-refractivity contribution is 14.0. The summed E-state index contributed by atoms with van der Waals surface area (Å²) < 4.78 is 1.71. The highest BCUT2D eigenvalue weighted by atomic mass is 127. The van der Waals surface area contributed by atoms with Crippen molar-refractivity contribution in [3.63, 3.8) is 0 Å². The van der Waals surface area contributed by atoms with Gasteiger partial charge in [0.05, 0.1) is 11.9 Å². The number of thioether (sulfide) groups is 1. The number of guanidine groups is 1. The second-order valence-corrected chi connectivity index (χ2v) is 7.64. The summed E-state index contributed by atoms with van der Waals surface area (Å²) in [7, 11) is 3.61. The van der Waals surface area contributed by atoms with Crippen molar-refractivity contribution in [2.24, 2.45) is 12.0 Å². The zero-order chi connectivity index (χ0) is 19.2. The first-order chi connectivity index (χ1) is 13.1. The van der Waals surface area contributed by atoms with Crippen LogP contribution in [0.2, 0.25) is 0 Å². The van der Waals surface area contributed by atoms with Crippen molar-refractivity contribution in [1.29, 1.82) is 0 Å². The minimum atomic E-state index is 0. The molecule has 0 unspecified atom stereocenters.